The number of anilines is 1. The average molecular weight is 296 g/mol. The van der Waals surface area contributed by atoms with Crippen molar-refractivity contribution in [2.24, 2.45) is 5.92 Å². The van der Waals surface area contributed by atoms with Crippen LogP contribution in [-0.4, -0.2) is 5.91 Å². The summed E-state index contributed by atoms with van der Waals surface area (Å²) in [6, 6.07) is 8.01. The van der Waals surface area contributed by atoms with E-state index >= 15 is 0 Å². The van der Waals surface area contributed by atoms with Crippen LogP contribution in [-0.2, 0) is 10.1 Å². The Balaban J connectivity index is 1.92. The van der Waals surface area contributed by atoms with Crippen molar-refractivity contribution >= 4 is 27.5 Å². The maximum absolute atomic E-state index is 12.0. The Labute approximate surface area is 111 Å². The molecule has 0 heterocycles. The fourth-order valence-corrected chi connectivity index (χ4v) is 2.66. The fraction of sp³-hybridized carbons (Fsp3) is 0.500. The van der Waals surface area contributed by atoms with Crippen molar-refractivity contribution in [1.82, 2.24) is 0 Å². The Bertz CT molecular complexity index is 368. The van der Waals surface area contributed by atoms with Crippen molar-refractivity contribution in [2.45, 2.75) is 37.4 Å². The van der Waals surface area contributed by atoms with Gasteiger partial charge in [0.1, 0.15) is 0 Å². The number of carbonyl (C=O) groups excluding carboxylic acids is 1. The van der Waals surface area contributed by atoms with Crippen molar-refractivity contribution in [2.75, 3.05) is 5.32 Å². The van der Waals surface area contributed by atoms with E-state index in [0.29, 0.717) is 0 Å². The maximum Gasteiger partial charge on any atom is 0.227 e. The number of nitrogens with one attached hydrogen (secondary N) is 1. The molecule has 17 heavy (non-hydrogen) atoms. The van der Waals surface area contributed by atoms with Gasteiger partial charge in [0.05, 0.1) is 0 Å². The molecule has 0 radical (unpaired) electrons. The Morgan fingerprint density at radius 2 is 1.82 bits per heavy atom. The number of hydrogen-bond acceptors (Lipinski definition) is 1. The lowest BCUT2D eigenvalue weighted by Gasteiger charge is -2.20. The third-order valence-corrected chi connectivity index (χ3v) is 4.00. The van der Waals surface area contributed by atoms with Crippen LogP contribution in [0.25, 0.3) is 0 Å². The predicted molar refractivity (Wildman–Crippen MR) is 74.3 cm³/mol. The van der Waals surface area contributed by atoms with Gasteiger partial charge in [0.25, 0.3) is 0 Å². The second-order valence-electron chi connectivity index (χ2n) is 4.65. The van der Waals surface area contributed by atoms with Crippen molar-refractivity contribution in [3.8, 4) is 0 Å². The van der Waals surface area contributed by atoms with Crippen LogP contribution in [0.5, 0.6) is 0 Å². The molecule has 1 aromatic rings. The SMILES string of the molecule is O=C(Nc1ccc(CBr)cc1)C1CCCCC1. The molecule has 0 unspecified atom stereocenters. The highest BCUT2D eigenvalue weighted by molar-refractivity contribution is 9.08. The molecule has 1 aliphatic carbocycles. The van der Waals surface area contributed by atoms with E-state index in [2.05, 4.69) is 21.2 Å². The third-order valence-electron chi connectivity index (χ3n) is 3.35. The van der Waals surface area contributed by atoms with Crippen LogP contribution in [0.3, 0.4) is 0 Å². The van der Waals surface area contributed by atoms with Gasteiger partial charge in [-0.05, 0) is 30.5 Å². The van der Waals surface area contributed by atoms with E-state index in [1.807, 2.05) is 24.3 Å². The number of hydrogen-bond donors (Lipinski definition) is 1. The molecule has 2 rings (SSSR count). The van der Waals surface area contributed by atoms with Gasteiger partial charge < -0.3 is 5.32 Å². The summed E-state index contributed by atoms with van der Waals surface area (Å²) >= 11 is 3.41. The van der Waals surface area contributed by atoms with Gasteiger partial charge in [0.2, 0.25) is 5.91 Å². The maximum atomic E-state index is 12.0. The van der Waals surface area contributed by atoms with Crippen LogP contribution in [0.4, 0.5) is 5.69 Å². The summed E-state index contributed by atoms with van der Waals surface area (Å²) in [5.74, 6) is 0.413. The number of amides is 1. The standard InChI is InChI=1S/C14H18BrNO/c15-10-11-6-8-13(9-7-11)16-14(17)12-4-2-1-3-5-12/h6-9,12H,1-5,10H2,(H,16,17). The topological polar surface area (TPSA) is 29.1 Å². The van der Waals surface area contributed by atoms with E-state index in [-0.39, 0.29) is 11.8 Å². The molecule has 1 aromatic carbocycles. The first kappa shape index (κ1) is 12.6. The molecular weight excluding hydrogens is 278 g/mol. The van der Waals surface area contributed by atoms with Crippen LogP contribution in [0, 0.1) is 5.92 Å². The molecule has 2 nitrogen and oxygen atoms in total. The van der Waals surface area contributed by atoms with Crippen molar-refractivity contribution < 1.29 is 4.79 Å². The Morgan fingerprint density at radius 1 is 1.18 bits per heavy atom. The van der Waals surface area contributed by atoms with Crippen LogP contribution >= 0.6 is 15.9 Å². The summed E-state index contributed by atoms with van der Waals surface area (Å²) < 4.78 is 0. The Hall–Kier alpha value is -0.830. The zero-order chi connectivity index (χ0) is 12.1. The number of benzene rings is 1. The first-order valence-corrected chi connectivity index (χ1v) is 7.37. The zero-order valence-electron chi connectivity index (χ0n) is 9.92. The van der Waals surface area contributed by atoms with Crippen molar-refractivity contribution in [1.29, 1.82) is 0 Å². The third kappa shape index (κ3) is 3.56. The van der Waals surface area contributed by atoms with E-state index in [1.165, 1.54) is 24.8 Å². The monoisotopic (exact) mass is 295 g/mol. The average Bonchev–Trinajstić information content (AvgIpc) is 2.40. The van der Waals surface area contributed by atoms with E-state index < -0.39 is 0 Å². The summed E-state index contributed by atoms with van der Waals surface area (Å²) in [7, 11) is 0. The minimum absolute atomic E-state index is 0.191. The second kappa shape index (κ2) is 6.20. The molecule has 1 amide bonds. The summed E-state index contributed by atoms with van der Waals surface area (Å²) in [5, 5.41) is 3.86. The van der Waals surface area contributed by atoms with Crippen LogP contribution in [0.1, 0.15) is 37.7 Å². The molecular formula is C14H18BrNO. The van der Waals surface area contributed by atoms with Gasteiger partial charge >= 0.3 is 0 Å². The lowest BCUT2D eigenvalue weighted by Crippen LogP contribution is -2.24. The van der Waals surface area contributed by atoms with Crippen LogP contribution in [0.15, 0.2) is 24.3 Å². The van der Waals surface area contributed by atoms with E-state index in [0.717, 1.165) is 23.9 Å². The van der Waals surface area contributed by atoms with E-state index in [4.69, 9.17) is 0 Å². The van der Waals surface area contributed by atoms with Gasteiger partial charge in [0, 0.05) is 16.9 Å². The first-order valence-electron chi connectivity index (χ1n) is 6.25. The molecule has 0 spiro atoms. The molecule has 3 heteroatoms. The molecule has 0 aromatic heterocycles. The number of alkyl halides is 1. The highest BCUT2D eigenvalue weighted by Gasteiger charge is 2.20. The minimum Gasteiger partial charge on any atom is -0.326 e. The van der Waals surface area contributed by atoms with Gasteiger partial charge in [-0.15, -0.1) is 0 Å². The molecule has 0 atom stereocenters. The molecule has 0 saturated heterocycles. The van der Waals surface area contributed by atoms with Gasteiger partial charge in [-0.25, -0.2) is 0 Å². The zero-order valence-corrected chi connectivity index (χ0v) is 11.5. The van der Waals surface area contributed by atoms with E-state index in [1.54, 1.807) is 0 Å². The van der Waals surface area contributed by atoms with Gasteiger partial charge in [-0.3, -0.25) is 4.79 Å². The Morgan fingerprint density at radius 3 is 2.41 bits per heavy atom. The number of carbonyl (C=O) groups is 1. The van der Waals surface area contributed by atoms with Crippen LogP contribution < -0.4 is 5.32 Å². The molecule has 92 valence electrons. The van der Waals surface area contributed by atoms with Crippen molar-refractivity contribution in [3.05, 3.63) is 29.8 Å². The lowest BCUT2D eigenvalue weighted by molar-refractivity contribution is -0.120. The van der Waals surface area contributed by atoms with Gasteiger partial charge in [-0.1, -0.05) is 47.3 Å². The molecule has 1 fully saturated rings. The molecule has 0 bridgehead atoms. The molecule has 0 aliphatic heterocycles. The summed E-state index contributed by atoms with van der Waals surface area (Å²) in [5.41, 5.74) is 2.13. The molecule has 1 saturated carbocycles. The van der Waals surface area contributed by atoms with Gasteiger partial charge in [0.15, 0.2) is 0 Å². The second-order valence-corrected chi connectivity index (χ2v) is 5.22. The fourth-order valence-electron chi connectivity index (χ4n) is 2.29. The minimum atomic E-state index is 0.191. The number of rotatable bonds is 3. The van der Waals surface area contributed by atoms with Crippen LogP contribution in [0.2, 0.25) is 0 Å². The van der Waals surface area contributed by atoms with Crippen molar-refractivity contribution in [3.63, 3.8) is 0 Å². The smallest absolute Gasteiger partial charge is 0.227 e. The highest BCUT2D eigenvalue weighted by atomic mass is 79.9. The summed E-state index contributed by atoms with van der Waals surface area (Å²) in [4.78, 5) is 12.0. The quantitative estimate of drug-likeness (QED) is 0.836. The lowest BCUT2D eigenvalue weighted by atomic mass is 9.88. The molecule has 1 aliphatic rings. The summed E-state index contributed by atoms with van der Waals surface area (Å²) in [6.45, 7) is 0. The number of halogens is 1. The predicted octanol–water partition coefficient (Wildman–Crippen LogP) is 4.10. The normalized spacial score (nSPS) is 16.8. The van der Waals surface area contributed by atoms with Gasteiger partial charge in [-0.2, -0.15) is 0 Å². The highest BCUT2D eigenvalue weighted by Crippen LogP contribution is 2.25. The Kier molecular flexibility index (Phi) is 4.60. The van der Waals surface area contributed by atoms with E-state index in [9.17, 15) is 4.79 Å². The summed E-state index contributed by atoms with van der Waals surface area (Å²) in [6.07, 6.45) is 5.77. The largest absolute Gasteiger partial charge is 0.326 e. The molecule has 1 N–H and O–H groups in total. The first-order chi connectivity index (χ1) is 8.29.